The summed E-state index contributed by atoms with van der Waals surface area (Å²) in [6.45, 7) is -1.44. The van der Waals surface area contributed by atoms with Crippen molar-refractivity contribution >= 4 is 29.7 Å². The molecule has 3 amide bonds. The summed E-state index contributed by atoms with van der Waals surface area (Å²) < 4.78 is 0. The van der Waals surface area contributed by atoms with Crippen molar-refractivity contribution in [3.8, 4) is 0 Å². The number of carbonyl (C=O) groups is 5. The van der Waals surface area contributed by atoms with E-state index in [2.05, 4.69) is 20.6 Å². The molecule has 0 aliphatic carbocycles. The maximum Gasteiger partial charge on any atom is 0.328 e. The minimum Gasteiger partial charge on any atom is -0.481 e. The Morgan fingerprint density at radius 2 is 1.80 bits per heavy atom. The van der Waals surface area contributed by atoms with Crippen LogP contribution in [0.25, 0.3) is 0 Å². The summed E-state index contributed by atoms with van der Waals surface area (Å²) in [5, 5.41) is 33.0. The van der Waals surface area contributed by atoms with Gasteiger partial charge in [-0.3, -0.25) is 19.2 Å². The molecule has 1 rings (SSSR count). The van der Waals surface area contributed by atoms with Crippen molar-refractivity contribution in [1.82, 2.24) is 25.9 Å². The van der Waals surface area contributed by atoms with Crippen LogP contribution in [0.4, 0.5) is 0 Å². The van der Waals surface area contributed by atoms with E-state index in [1.807, 2.05) is 5.32 Å². The highest BCUT2D eigenvalue weighted by atomic mass is 16.4. The van der Waals surface area contributed by atoms with Crippen LogP contribution in [0.3, 0.4) is 0 Å². The van der Waals surface area contributed by atoms with E-state index in [1.54, 1.807) is 0 Å². The summed E-state index contributed by atoms with van der Waals surface area (Å²) in [6.07, 6.45) is 2.28. The van der Waals surface area contributed by atoms with Crippen molar-refractivity contribution in [1.29, 1.82) is 0 Å². The Kier molecular flexibility index (Phi) is 9.91. The smallest absolute Gasteiger partial charge is 0.328 e. The predicted molar refractivity (Wildman–Crippen MR) is 98.7 cm³/mol. The fourth-order valence-electron chi connectivity index (χ4n) is 2.24. The SMILES string of the molecule is NC(CCC(=O)O)C(=O)NC(Cc1cnc[nH]1)C(=O)NCC(=O)NC(CO)C(=O)O. The maximum absolute atomic E-state index is 12.4. The number of aromatic nitrogens is 2. The Morgan fingerprint density at radius 3 is 2.33 bits per heavy atom. The van der Waals surface area contributed by atoms with Gasteiger partial charge in [-0.1, -0.05) is 0 Å². The molecule has 3 atom stereocenters. The normalized spacial score (nSPS) is 13.5. The second-order valence-electron chi connectivity index (χ2n) is 6.24. The molecule has 0 fully saturated rings. The van der Waals surface area contributed by atoms with Crippen LogP contribution in [0, 0.1) is 0 Å². The number of rotatable bonds is 13. The number of imidazole rings is 1. The molecule has 0 saturated carbocycles. The van der Waals surface area contributed by atoms with Gasteiger partial charge in [0.15, 0.2) is 0 Å². The Balaban J connectivity index is 2.71. The monoisotopic (exact) mass is 428 g/mol. The van der Waals surface area contributed by atoms with Gasteiger partial charge < -0.3 is 42.0 Å². The second-order valence-corrected chi connectivity index (χ2v) is 6.24. The zero-order valence-corrected chi connectivity index (χ0v) is 15.8. The molecule has 0 aliphatic rings. The first-order chi connectivity index (χ1) is 14.1. The summed E-state index contributed by atoms with van der Waals surface area (Å²) in [4.78, 5) is 64.4. The van der Waals surface area contributed by atoms with Crippen LogP contribution < -0.4 is 21.7 Å². The minimum absolute atomic E-state index is 0.0285. The van der Waals surface area contributed by atoms with Crippen molar-refractivity contribution in [2.24, 2.45) is 5.73 Å². The van der Waals surface area contributed by atoms with Gasteiger partial charge in [0, 0.05) is 24.7 Å². The number of carboxylic acids is 2. The molecule has 9 N–H and O–H groups in total. The second kappa shape index (κ2) is 12.1. The number of nitrogens with two attached hydrogens (primary N) is 1. The third-order valence-corrected chi connectivity index (χ3v) is 3.86. The highest BCUT2D eigenvalue weighted by Gasteiger charge is 2.26. The first-order valence-electron chi connectivity index (χ1n) is 8.79. The Morgan fingerprint density at radius 1 is 1.10 bits per heavy atom. The summed E-state index contributed by atoms with van der Waals surface area (Å²) in [5.74, 6) is -4.97. The van der Waals surface area contributed by atoms with E-state index in [4.69, 9.17) is 21.1 Å². The predicted octanol–water partition coefficient (Wildman–Crippen LogP) is -3.69. The molecular weight excluding hydrogens is 404 g/mol. The summed E-state index contributed by atoms with van der Waals surface area (Å²) in [5.41, 5.74) is 6.13. The number of hydrogen-bond acceptors (Lipinski definition) is 8. The number of aliphatic hydroxyl groups excluding tert-OH is 1. The maximum atomic E-state index is 12.4. The number of H-pyrrole nitrogens is 1. The lowest BCUT2D eigenvalue weighted by molar-refractivity contribution is -0.143. The fourth-order valence-corrected chi connectivity index (χ4v) is 2.24. The Hall–Kier alpha value is -3.52. The number of aromatic amines is 1. The Bertz CT molecular complexity index is 753. The average Bonchev–Trinajstić information content (AvgIpc) is 3.20. The molecule has 3 unspecified atom stereocenters. The topological polar surface area (TPSA) is 237 Å². The van der Waals surface area contributed by atoms with E-state index in [9.17, 15) is 24.0 Å². The van der Waals surface area contributed by atoms with Crippen LogP contribution in [0.2, 0.25) is 0 Å². The van der Waals surface area contributed by atoms with Crippen molar-refractivity contribution in [2.75, 3.05) is 13.2 Å². The van der Waals surface area contributed by atoms with Crippen molar-refractivity contribution in [3.63, 3.8) is 0 Å². The van der Waals surface area contributed by atoms with Crippen LogP contribution in [0.1, 0.15) is 18.5 Å². The number of carboxylic acid groups (broad SMARTS) is 2. The van der Waals surface area contributed by atoms with Crippen LogP contribution in [0.15, 0.2) is 12.5 Å². The lowest BCUT2D eigenvalue weighted by atomic mass is 10.1. The van der Waals surface area contributed by atoms with Crippen LogP contribution in [-0.4, -0.2) is 86.2 Å². The molecule has 14 heteroatoms. The number of hydrogen-bond donors (Lipinski definition) is 8. The number of amides is 3. The van der Waals surface area contributed by atoms with Crippen molar-refractivity contribution < 1.29 is 39.3 Å². The first-order valence-corrected chi connectivity index (χ1v) is 8.79. The van der Waals surface area contributed by atoms with E-state index in [-0.39, 0.29) is 19.3 Å². The molecule has 14 nitrogen and oxygen atoms in total. The largest absolute Gasteiger partial charge is 0.481 e. The summed E-state index contributed by atoms with van der Waals surface area (Å²) in [6, 6.07) is -3.86. The van der Waals surface area contributed by atoms with Gasteiger partial charge in [0.05, 0.1) is 25.5 Å². The van der Waals surface area contributed by atoms with E-state index >= 15 is 0 Å². The van der Waals surface area contributed by atoms with Gasteiger partial charge in [-0.25, -0.2) is 9.78 Å². The third-order valence-electron chi connectivity index (χ3n) is 3.86. The summed E-state index contributed by atoms with van der Waals surface area (Å²) >= 11 is 0. The third kappa shape index (κ3) is 8.66. The molecule has 0 aromatic carbocycles. The molecule has 1 aromatic heterocycles. The molecule has 0 saturated heterocycles. The van der Waals surface area contributed by atoms with Gasteiger partial charge in [0.25, 0.3) is 0 Å². The highest BCUT2D eigenvalue weighted by molar-refractivity contribution is 5.92. The van der Waals surface area contributed by atoms with Gasteiger partial charge in [-0.2, -0.15) is 0 Å². The molecule has 0 radical (unpaired) electrons. The molecular formula is C16H24N6O8. The van der Waals surface area contributed by atoms with Crippen molar-refractivity contribution in [2.45, 2.75) is 37.4 Å². The highest BCUT2D eigenvalue weighted by Crippen LogP contribution is 2.01. The van der Waals surface area contributed by atoms with Crippen molar-refractivity contribution in [3.05, 3.63) is 18.2 Å². The first kappa shape index (κ1) is 24.5. The zero-order valence-electron chi connectivity index (χ0n) is 15.8. The van der Waals surface area contributed by atoms with Gasteiger partial charge in [0.2, 0.25) is 17.7 Å². The number of aliphatic hydroxyl groups is 1. The van der Waals surface area contributed by atoms with Gasteiger partial charge in [0.1, 0.15) is 12.1 Å². The standard InChI is InChI=1S/C16H24N6O8/c17-9(1-2-13(25)26)14(27)22-10(3-8-4-18-7-20-8)15(28)19-5-12(24)21-11(6-23)16(29)30/h4,7,9-11,23H,1-3,5-6,17H2,(H,18,20)(H,19,28)(H,21,24)(H,22,27)(H,25,26)(H,29,30). The molecule has 0 aliphatic heterocycles. The number of carbonyl (C=O) groups excluding carboxylic acids is 3. The number of aliphatic carboxylic acids is 2. The van der Waals surface area contributed by atoms with Gasteiger partial charge in [-0.05, 0) is 6.42 Å². The molecule has 1 heterocycles. The lowest BCUT2D eigenvalue weighted by Gasteiger charge is -2.20. The zero-order chi connectivity index (χ0) is 22.7. The molecule has 0 bridgehead atoms. The Labute approximate surface area is 170 Å². The number of nitrogens with one attached hydrogen (secondary N) is 4. The quantitative estimate of drug-likeness (QED) is 0.153. The molecule has 166 valence electrons. The van der Waals surface area contributed by atoms with E-state index in [0.29, 0.717) is 5.69 Å². The molecule has 1 aromatic rings. The number of nitrogens with zero attached hydrogens (tertiary/aromatic N) is 1. The van der Waals surface area contributed by atoms with Crippen LogP contribution >= 0.6 is 0 Å². The lowest BCUT2D eigenvalue weighted by Crippen LogP contribution is -2.54. The van der Waals surface area contributed by atoms with Gasteiger partial charge in [-0.15, -0.1) is 0 Å². The minimum atomic E-state index is -1.53. The van der Waals surface area contributed by atoms with Gasteiger partial charge >= 0.3 is 11.9 Å². The van der Waals surface area contributed by atoms with Crippen LogP contribution in [0.5, 0.6) is 0 Å². The average molecular weight is 428 g/mol. The van der Waals surface area contributed by atoms with Crippen LogP contribution in [-0.2, 0) is 30.4 Å². The molecule has 30 heavy (non-hydrogen) atoms. The van der Waals surface area contributed by atoms with E-state index in [0.717, 1.165) is 0 Å². The van der Waals surface area contributed by atoms with E-state index < -0.39 is 60.9 Å². The summed E-state index contributed by atoms with van der Waals surface area (Å²) in [7, 11) is 0. The van der Waals surface area contributed by atoms with E-state index in [1.165, 1.54) is 12.5 Å². The fraction of sp³-hybridized carbons (Fsp3) is 0.500. The molecule has 0 spiro atoms.